The van der Waals surface area contributed by atoms with Crippen molar-refractivity contribution in [2.24, 2.45) is 10.9 Å². The number of hydrogen-bond acceptors (Lipinski definition) is 4. The lowest BCUT2D eigenvalue weighted by Gasteiger charge is -2.29. The molecule has 1 aromatic rings. The number of aromatic nitrogens is 1. The van der Waals surface area contributed by atoms with Crippen LogP contribution >= 0.6 is 11.6 Å². The van der Waals surface area contributed by atoms with E-state index in [0.717, 1.165) is 63.9 Å². The topological polar surface area (TPSA) is 61.8 Å². The minimum atomic E-state index is 0.526. The molecule has 7 heteroatoms. The van der Waals surface area contributed by atoms with Gasteiger partial charge in [-0.25, -0.2) is 4.98 Å². The summed E-state index contributed by atoms with van der Waals surface area (Å²) in [5.41, 5.74) is 1.16. The lowest BCUT2D eigenvalue weighted by Crippen LogP contribution is -2.44. The van der Waals surface area contributed by atoms with Crippen LogP contribution in [0.15, 0.2) is 23.3 Å². The summed E-state index contributed by atoms with van der Waals surface area (Å²) in [6.07, 6.45) is 2.69. The highest BCUT2D eigenvalue weighted by atomic mass is 35.5. The van der Waals surface area contributed by atoms with Crippen LogP contribution in [0.2, 0.25) is 5.15 Å². The van der Waals surface area contributed by atoms with Gasteiger partial charge in [0.15, 0.2) is 5.96 Å². The van der Waals surface area contributed by atoms with E-state index in [1.54, 1.807) is 7.05 Å². The summed E-state index contributed by atoms with van der Waals surface area (Å²) in [6.45, 7) is 8.82. The molecule has 0 aliphatic carbocycles. The lowest BCUT2D eigenvalue weighted by atomic mass is 10.1. The summed E-state index contributed by atoms with van der Waals surface area (Å²) in [5, 5.41) is 7.26. The summed E-state index contributed by atoms with van der Waals surface area (Å²) in [7, 11) is 1.80. The van der Waals surface area contributed by atoms with Crippen molar-refractivity contribution in [1.29, 1.82) is 0 Å². The van der Waals surface area contributed by atoms with Crippen molar-refractivity contribution in [3.63, 3.8) is 0 Å². The second kappa shape index (κ2) is 10.5. The fraction of sp³-hybridized carbons (Fsp3) is 0.647. The molecule has 0 saturated carbocycles. The quantitative estimate of drug-likeness (QED) is 0.441. The predicted molar refractivity (Wildman–Crippen MR) is 98.7 cm³/mol. The lowest BCUT2D eigenvalue weighted by molar-refractivity contribution is 0.0320. The van der Waals surface area contributed by atoms with E-state index in [9.17, 15) is 0 Å². The number of halogens is 1. The number of hydrogen-bond donors (Lipinski definition) is 2. The number of nitrogens with one attached hydrogen (secondary N) is 2. The third-order valence-corrected chi connectivity index (χ3v) is 4.23. The molecular formula is C17H28ClN5O. The Labute approximate surface area is 149 Å². The Hall–Kier alpha value is -1.37. The largest absolute Gasteiger partial charge is 0.379 e. The standard InChI is InChI=1S/C17H28ClN5O/c1-14(13-23-7-9-24-10-8-23)11-22-17(19-2)20-6-5-15-3-4-16(18)21-12-15/h3-4,12,14H,5-11,13H2,1-2H3,(H2,19,20,22). The van der Waals surface area contributed by atoms with Crippen LogP contribution in [0.5, 0.6) is 0 Å². The van der Waals surface area contributed by atoms with E-state index in [0.29, 0.717) is 11.1 Å². The molecule has 0 bridgehead atoms. The fourth-order valence-electron chi connectivity index (χ4n) is 2.66. The van der Waals surface area contributed by atoms with Gasteiger partial charge in [-0.15, -0.1) is 0 Å². The number of morpholine rings is 1. The van der Waals surface area contributed by atoms with Gasteiger partial charge in [0, 0.05) is 46.0 Å². The number of rotatable bonds is 7. The molecule has 2 N–H and O–H groups in total. The van der Waals surface area contributed by atoms with E-state index in [-0.39, 0.29) is 0 Å². The van der Waals surface area contributed by atoms with Gasteiger partial charge in [-0.3, -0.25) is 9.89 Å². The molecule has 24 heavy (non-hydrogen) atoms. The predicted octanol–water partition coefficient (Wildman–Crippen LogP) is 1.41. The highest BCUT2D eigenvalue weighted by Gasteiger charge is 2.13. The second-order valence-electron chi connectivity index (χ2n) is 6.14. The van der Waals surface area contributed by atoms with Crippen molar-refractivity contribution in [3.05, 3.63) is 29.0 Å². The van der Waals surface area contributed by atoms with E-state index >= 15 is 0 Å². The first kappa shape index (κ1) is 19.0. The summed E-state index contributed by atoms with van der Waals surface area (Å²) >= 11 is 5.79. The molecule has 1 fully saturated rings. The zero-order valence-corrected chi connectivity index (χ0v) is 15.4. The summed E-state index contributed by atoms with van der Waals surface area (Å²) in [4.78, 5) is 10.8. The first-order valence-corrected chi connectivity index (χ1v) is 8.90. The van der Waals surface area contributed by atoms with Crippen molar-refractivity contribution >= 4 is 17.6 Å². The van der Waals surface area contributed by atoms with Crippen LogP contribution in [-0.2, 0) is 11.2 Å². The van der Waals surface area contributed by atoms with Gasteiger partial charge in [-0.05, 0) is 24.0 Å². The molecular weight excluding hydrogens is 326 g/mol. The molecule has 1 saturated heterocycles. The molecule has 1 atom stereocenters. The summed E-state index contributed by atoms with van der Waals surface area (Å²) in [5.74, 6) is 1.40. The Kier molecular flexibility index (Phi) is 8.28. The number of pyridine rings is 1. The van der Waals surface area contributed by atoms with E-state index < -0.39 is 0 Å². The Morgan fingerprint density at radius 3 is 2.83 bits per heavy atom. The molecule has 0 aromatic carbocycles. The Morgan fingerprint density at radius 1 is 1.38 bits per heavy atom. The van der Waals surface area contributed by atoms with Crippen molar-refractivity contribution in [1.82, 2.24) is 20.5 Å². The molecule has 2 heterocycles. The Bertz CT molecular complexity index is 502. The van der Waals surface area contributed by atoms with Gasteiger partial charge in [0.1, 0.15) is 5.15 Å². The minimum absolute atomic E-state index is 0.526. The molecule has 1 aliphatic rings. The highest BCUT2D eigenvalue weighted by Crippen LogP contribution is 2.05. The van der Waals surface area contributed by atoms with Gasteiger partial charge in [0.2, 0.25) is 0 Å². The van der Waals surface area contributed by atoms with Gasteiger partial charge < -0.3 is 15.4 Å². The molecule has 0 amide bonds. The normalized spacial score (nSPS) is 17.5. The molecule has 1 aliphatic heterocycles. The van der Waals surface area contributed by atoms with Crippen molar-refractivity contribution < 1.29 is 4.74 Å². The van der Waals surface area contributed by atoms with Gasteiger partial charge in [0.25, 0.3) is 0 Å². The summed E-state index contributed by atoms with van der Waals surface area (Å²) < 4.78 is 5.39. The van der Waals surface area contributed by atoms with Gasteiger partial charge in [-0.1, -0.05) is 24.6 Å². The third kappa shape index (κ3) is 7.03. The molecule has 0 spiro atoms. The van der Waals surface area contributed by atoms with Crippen molar-refractivity contribution in [2.75, 3.05) is 53.0 Å². The number of ether oxygens (including phenoxy) is 1. The first-order chi connectivity index (χ1) is 11.7. The Morgan fingerprint density at radius 2 is 2.17 bits per heavy atom. The van der Waals surface area contributed by atoms with Crippen LogP contribution < -0.4 is 10.6 Å². The molecule has 2 rings (SSSR count). The van der Waals surface area contributed by atoms with Crippen LogP contribution in [0.1, 0.15) is 12.5 Å². The average molecular weight is 354 g/mol. The van der Waals surface area contributed by atoms with E-state index in [1.165, 1.54) is 0 Å². The Balaban J connectivity index is 1.63. The molecule has 134 valence electrons. The third-order valence-electron chi connectivity index (χ3n) is 4.01. The molecule has 1 unspecified atom stereocenters. The number of nitrogens with zero attached hydrogens (tertiary/aromatic N) is 3. The molecule has 1 aromatic heterocycles. The maximum Gasteiger partial charge on any atom is 0.190 e. The number of aliphatic imine (C=N–C) groups is 1. The molecule has 6 nitrogen and oxygen atoms in total. The van der Waals surface area contributed by atoms with Crippen molar-refractivity contribution in [2.45, 2.75) is 13.3 Å². The first-order valence-electron chi connectivity index (χ1n) is 8.52. The van der Waals surface area contributed by atoms with Crippen LogP contribution in [-0.4, -0.2) is 68.8 Å². The summed E-state index contributed by atoms with van der Waals surface area (Å²) in [6, 6.07) is 3.81. The van der Waals surface area contributed by atoms with E-state index in [2.05, 4.69) is 32.4 Å². The highest BCUT2D eigenvalue weighted by molar-refractivity contribution is 6.29. The van der Waals surface area contributed by atoms with E-state index in [1.807, 2.05) is 18.3 Å². The SMILES string of the molecule is CN=C(NCCc1ccc(Cl)nc1)NCC(C)CN1CCOCC1. The van der Waals surface area contributed by atoms with Crippen LogP contribution in [0.25, 0.3) is 0 Å². The average Bonchev–Trinajstić information content (AvgIpc) is 2.60. The van der Waals surface area contributed by atoms with Crippen LogP contribution in [0, 0.1) is 5.92 Å². The molecule has 0 radical (unpaired) electrons. The zero-order chi connectivity index (χ0) is 17.2. The maximum absolute atomic E-state index is 5.79. The monoisotopic (exact) mass is 353 g/mol. The maximum atomic E-state index is 5.79. The minimum Gasteiger partial charge on any atom is -0.379 e. The van der Waals surface area contributed by atoms with Crippen molar-refractivity contribution in [3.8, 4) is 0 Å². The van der Waals surface area contributed by atoms with E-state index in [4.69, 9.17) is 16.3 Å². The smallest absolute Gasteiger partial charge is 0.190 e. The van der Waals surface area contributed by atoms with Gasteiger partial charge in [0.05, 0.1) is 13.2 Å². The zero-order valence-electron chi connectivity index (χ0n) is 14.6. The second-order valence-corrected chi connectivity index (χ2v) is 6.52. The van der Waals surface area contributed by atoms with Crippen LogP contribution in [0.3, 0.4) is 0 Å². The van der Waals surface area contributed by atoms with Gasteiger partial charge >= 0.3 is 0 Å². The fourth-order valence-corrected chi connectivity index (χ4v) is 2.77. The number of guanidine groups is 1. The van der Waals surface area contributed by atoms with Crippen LogP contribution in [0.4, 0.5) is 0 Å². The van der Waals surface area contributed by atoms with Gasteiger partial charge in [-0.2, -0.15) is 0 Å².